The van der Waals surface area contributed by atoms with E-state index in [1.807, 2.05) is 0 Å². The lowest BCUT2D eigenvalue weighted by molar-refractivity contribution is -0.145. The Morgan fingerprint density at radius 1 is 1.46 bits per heavy atom. The van der Waals surface area contributed by atoms with Crippen molar-refractivity contribution in [3.8, 4) is 0 Å². The number of rotatable bonds is 3. The third kappa shape index (κ3) is 1.85. The second kappa shape index (κ2) is 3.55. The van der Waals surface area contributed by atoms with Gasteiger partial charge in [-0.1, -0.05) is 6.07 Å². The van der Waals surface area contributed by atoms with Crippen molar-refractivity contribution >= 4 is 5.78 Å². The third-order valence-corrected chi connectivity index (χ3v) is 1.46. The van der Waals surface area contributed by atoms with Gasteiger partial charge >= 0.3 is 5.92 Å². The number of Topliss-reactive ketones (excluding diaryl/α,β-unsaturated/α-hetero) is 1. The minimum absolute atomic E-state index is 0.724. The molecule has 0 fully saturated rings. The predicted octanol–water partition coefficient (Wildman–Crippen LogP) is 1.71. The van der Waals surface area contributed by atoms with Gasteiger partial charge in [0.1, 0.15) is 5.69 Å². The lowest BCUT2D eigenvalue weighted by Gasteiger charge is -2.11. The molecular weight excluding hydrogens is 183 g/mol. The molecule has 0 atom stereocenters. The zero-order valence-corrected chi connectivity index (χ0v) is 6.51. The van der Waals surface area contributed by atoms with E-state index in [-0.39, 0.29) is 0 Å². The maximum absolute atomic E-state index is 12.9. The summed E-state index contributed by atoms with van der Waals surface area (Å²) in [5.74, 6) is -5.60. The van der Waals surface area contributed by atoms with Crippen LogP contribution in [-0.2, 0) is 10.7 Å². The highest BCUT2D eigenvalue weighted by atomic mass is 19.3. The van der Waals surface area contributed by atoms with Gasteiger partial charge in [0, 0.05) is 6.20 Å². The fraction of sp³-hybridized carbons (Fsp3) is 0.250. The lowest BCUT2D eigenvalue weighted by Crippen LogP contribution is -2.28. The summed E-state index contributed by atoms with van der Waals surface area (Å²) < 4.78 is 37.5. The summed E-state index contributed by atoms with van der Waals surface area (Å²) in [5, 5.41) is 0. The van der Waals surface area contributed by atoms with E-state index in [2.05, 4.69) is 4.98 Å². The molecule has 0 aliphatic heterocycles. The number of hydrogen-bond donors (Lipinski definition) is 0. The molecule has 1 aromatic heterocycles. The van der Waals surface area contributed by atoms with E-state index in [4.69, 9.17) is 0 Å². The predicted molar refractivity (Wildman–Crippen MR) is 39.1 cm³/mol. The third-order valence-electron chi connectivity index (χ3n) is 1.46. The second-order valence-corrected chi connectivity index (χ2v) is 2.35. The Kier molecular flexibility index (Phi) is 2.65. The molecule has 1 heterocycles. The van der Waals surface area contributed by atoms with E-state index in [1.165, 1.54) is 12.1 Å². The highest BCUT2D eigenvalue weighted by Crippen LogP contribution is 2.26. The van der Waals surface area contributed by atoms with E-state index in [1.54, 1.807) is 0 Å². The van der Waals surface area contributed by atoms with E-state index in [9.17, 15) is 18.0 Å². The van der Waals surface area contributed by atoms with Crippen LogP contribution in [0.2, 0.25) is 0 Å². The van der Waals surface area contributed by atoms with Crippen LogP contribution in [0.1, 0.15) is 5.69 Å². The monoisotopic (exact) mass is 189 g/mol. The molecule has 2 nitrogen and oxygen atoms in total. The molecule has 13 heavy (non-hydrogen) atoms. The summed E-state index contributed by atoms with van der Waals surface area (Å²) in [6.07, 6.45) is 1.12. The van der Waals surface area contributed by atoms with Crippen molar-refractivity contribution in [2.75, 3.05) is 6.67 Å². The van der Waals surface area contributed by atoms with Gasteiger partial charge in [-0.25, -0.2) is 4.39 Å². The van der Waals surface area contributed by atoms with Gasteiger partial charge in [0.25, 0.3) is 0 Å². The van der Waals surface area contributed by atoms with E-state index in [0.29, 0.717) is 0 Å². The van der Waals surface area contributed by atoms with Crippen LogP contribution in [0.25, 0.3) is 0 Å². The van der Waals surface area contributed by atoms with Gasteiger partial charge in [0.15, 0.2) is 6.67 Å². The fourth-order valence-electron chi connectivity index (χ4n) is 0.775. The SMILES string of the molecule is O=C(CF)C(F)(F)c1ccccn1. The lowest BCUT2D eigenvalue weighted by atomic mass is 10.1. The molecule has 0 N–H and O–H groups in total. The fourth-order valence-corrected chi connectivity index (χ4v) is 0.775. The number of alkyl halides is 3. The maximum Gasteiger partial charge on any atom is 0.349 e. The molecule has 0 saturated carbocycles. The van der Waals surface area contributed by atoms with Gasteiger partial charge in [-0.3, -0.25) is 9.78 Å². The number of carbonyl (C=O) groups is 1. The molecule has 0 amide bonds. The first kappa shape index (κ1) is 9.70. The number of hydrogen-bond acceptors (Lipinski definition) is 2. The van der Waals surface area contributed by atoms with Crippen molar-refractivity contribution in [3.63, 3.8) is 0 Å². The minimum Gasteiger partial charge on any atom is -0.289 e. The summed E-state index contributed by atoms with van der Waals surface area (Å²) in [4.78, 5) is 13.8. The number of carbonyl (C=O) groups excluding carboxylic acids is 1. The molecule has 0 aromatic carbocycles. The van der Waals surface area contributed by atoms with E-state index in [0.717, 1.165) is 12.3 Å². The second-order valence-electron chi connectivity index (χ2n) is 2.35. The van der Waals surface area contributed by atoms with Gasteiger partial charge < -0.3 is 0 Å². The van der Waals surface area contributed by atoms with Gasteiger partial charge in [-0.2, -0.15) is 8.78 Å². The molecule has 70 valence electrons. The smallest absolute Gasteiger partial charge is 0.289 e. The molecule has 0 spiro atoms. The molecule has 5 heteroatoms. The molecule has 0 saturated heterocycles. The number of pyridine rings is 1. The zero-order chi connectivity index (χ0) is 9.90. The summed E-state index contributed by atoms with van der Waals surface area (Å²) in [5.41, 5.74) is -0.724. The maximum atomic E-state index is 12.9. The van der Waals surface area contributed by atoms with E-state index >= 15 is 0 Å². The Morgan fingerprint density at radius 2 is 2.15 bits per heavy atom. The van der Waals surface area contributed by atoms with Crippen molar-refractivity contribution in [1.29, 1.82) is 0 Å². The Labute approximate surface area is 72.4 Å². The normalized spacial score (nSPS) is 11.3. The highest BCUT2D eigenvalue weighted by Gasteiger charge is 2.41. The summed E-state index contributed by atoms with van der Waals surface area (Å²) >= 11 is 0. The first-order valence-electron chi connectivity index (χ1n) is 3.47. The van der Waals surface area contributed by atoms with Crippen LogP contribution in [0, 0.1) is 0 Å². The van der Waals surface area contributed by atoms with Crippen LogP contribution in [0.3, 0.4) is 0 Å². The van der Waals surface area contributed by atoms with Crippen molar-refractivity contribution in [2.45, 2.75) is 5.92 Å². The van der Waals surface area contributed by atoms with Crippen LogP contribution < -0.4 is 0 Å². The molecule has 1 aromatic rings. The van der Waals surface area contributed by atoms with Crippen molar-refractivity contribution in [1.82, 2.24) is 4.98 Å². The van der Waals surface area contributed by atoms with Crippen LogP contribution in [0.15, 0.2) is 24.4 Å². The Bertz CT molecular complexity index is 300. The Morgan fingerprint density at radius 3 is 2.62 bits per heavy atom. The van der Waals surface area contributed by atoms with Gasteiger partial charge in [-0.15, -0.1) is 0 Å². The topological polar surface area (TPSA) is 30.0 Å². The minimum atomic E-state index is -3.82. The average Bonchev–Trinajstić information content (AvgIpc) is 2.18. The standard InChI is InChI=1S/C8H6F3NO/c9-5-7(13)8(10,11)6-3-1-2-4-12-6/h1-4H,5H2. The molecule has 1 rings (SSSR count). The summed E-state index contributed by atoms with van der Waals surface area (Å²) in [7, 11) is 0. The number of nitrogens with zero attached hydrogens (tertiary/aromatic N) is 1. The van der Waals surface area contributed by atoms with Crippen LogP contribution in [-0.4, -0.2) is 17.4 Å². The van der Waals surface area contributed by atoms with Gasteiger partial charge in [-0.05, 0) is 12.1 Å². The first-order valence-corrected chi connectivity index (χ1v) is 3.47. The van der Waals surface area contributed by atoms with Crippen LogP contribution in [0.5, 0.6) is 0 Å². The molecule has 0 unspecified atom stereocenters. The molecule has 0 radical (unpaired) electrons. The molecule has 0 aliphatic rings. The summed E-state index contributed by atoms with van der Waals surface area (Å²) in [6, 6.07) is 3.72. The van der Waals surface area contributed by atoms with Crippen molar-refractivity contribution in [2.24, 2.45) is 0 Å². The van der Waals surface area contributed by atoms with E-state index < -0.39 is 24.1 Å². The Hall–Kier alpha value is -1.39. The Balaban J connectivity index is 3.00. The van der Waals surface area contributed by atoms with Crippen LogP contribution in [0.4, 0.5) is 13.2 Å². The zero-order valence-electron chi connectivity index (χ0n) is 6.51. The number of aromatic nitrogens is 1. The first-order chi connectivity index (χ1) is 6.09. The highest BCUT2D eigenvalue weighted by molar-refractivity contribution is 5.87. The van der Waals surface area contributed by atoms with Crippen LogP contribution >= 0.6 is 0 Å². The van der Waals surface area contributed by atoms with Gasteiger partial charge in [0.05, 0.1) is 0 Å². The average molecular weight is 189 g/mol. The molecular formula is C8H6F3NO. The molecule has 0 bridgehead atoms. The van der Waals surface area contributed by atoms with Gasteiger partial charge in [0.2, 0.25) is 5.78 Å². The summed E-state index contributed by atoms with van der Waals surface area (Å²) in [6.45, 7) is -1.69. The number of halogens is 3. The quantitative estimate of drug-likeness (QED) is 0.724. The van der Waals surface area contributed by atoms with Crippen molar-refractivity contribution in [3.05, 3.63) is 30.1 Å². The van der Waals surface area contributed by atoms with Crippen molar-refractivity contribution < 1.29 is 18.0 Å². The number of ketones is 1. The molecule has 0 aliphatic carbocycles. The largest absolute Gasteiger partial charge is 0.349 e.